The normalized spacial score (nSPS) is 16.0. The topological polar surface area (TPSA) is 96.5 Å². The molecule has 3 rings (SSSR count). The third-order valence-electron chi connectivity index (χ3n) is 4.62. The van der Waals surface area contributed by atoms with Gasteiger partial charge in [0.25, 0.3) is 0 Å². The quantitative estimate of drug-likeness (QED) is 0.657. The maximum atomic E-state index is 12.1. The molecule has 0 fully saturated rings. The van der Waals surface area contributed by atoms with Crippen LogP contribution in [-0.2, 0) is 28.7 Å². The van der Waals surface area contributed by atoms with E-state index < -0.39 is 10.0 Å². The van der Waals surface area contributed by atoms with Gasteiger partial charge in [0.15, 0.2) is 0 Å². The summed E-state index contributed by atoms with van der Waals surface area (Å²) in [6.07, 6.45) is 0.873. The van der Waals surface area contributed by atoms with Crippen molar-refractivity contribution in [3.05, 3.63) is 65.2 Å². The summed E-state index contributed by atoms with van der Waals surface area (Å²) in [4.78, 5) is 12.1. The highest BCUT2D eigenvalue weighted by molar-refractivity contribution is 7.88. The molecule has 3 N–H and O–H groups in total. The summed E-state index contributed by atoms with van der Waals surface area (Å²) in [7, 11) is -1.93. The molecule has 2 aromatic rings. The number of carbonyl (C=O) groups is 1. The van der Waals surface area contributed by atoms with E-state index in [-0.39, 0.29) is 17.7 Å². The van der Waals surface area contributed by atoms with Gasteiger partial charge in [-0.2, -0.15) is 0 Å². The zero-order chi connectivity index (χ0) is 20.0. The summed E-state index contributed by atoms with van der Waals surface area (Å²) in [5.41, 5.74) is 2.68. The molecule has 0 spiro atoms. The number of para-hydroxylation sites is 1. The third kappa shape index (κ3) is 5.71. The first-order valence-corrected chi connectivity index (χ1v) is 10.8. The second-order valence-corrected chi connectivity index (χ2v) is 8.76. The molecule has 7 nitrogen and oxygen atoms in total. The Morgan fingerprint density at radius 1 is 1.11 bits per heavy atom. The molecule has 0 saturated heterocycles. The van der Waals surface area contributed by atoms with E-state index in [1.165, 1.54) is 7.05 Å². The standard InChI is InChI=1S/C20H25N3O4S/c1-21-28(25,26)14-16-6-4-5-15(9-16)11-22-20(24)23-12-17-10-18-7-2-3-8-19(18)27-13-17/h2-9,17,21H,10-14H2,1H3,(H2,22,23,24). The Balaban J connectivity index is 1.45. The van der Waals surface area contributed by atoms with Crippen LogP contribution in [0.1, 0.15) is 16.7 Å². The van der Waals surface area contributed by atoms with Crippen molar-refractivity contribution in [2.75, 3.05) is 20.2 Å². The largest absolute Gasteiger partial charge is 0.493 e. The molecule has 0 aromatic heterocycles. The Bertz CT molecular complexity index is 931. The number of rotatable bonds is 7. The minimum absolute atomic E-state index is 0.0906. The van der Waals surface area contributed by atoms with Gasteiger partial charge in [-0.25, -0.2) is 17.9 Å². The number of sulfonamides is 1. The lowest BCUT2D eigenvalue weighted by Gasteiger charge is -2.25. The highest BCUT2D eigenvalue weighted by Crippen LogP contribution is 2.26. The van der Waals surface area contributed by atoms with Crippen LogP contribution < -0.4 is 20.1 Å². The van der Waals surface area contributed by atoms with E-state index in [2.05, 4.69) is 15.4 Å². The molecule has 1 heterocycles. The minimum Gasteiger partial charge on any atom is -0.493 e. The summed E-state index contributed by atoms with van der Waals surface area (Å²) < 4.78 is 31.3. The number of nitrogens with one attached hydrogen (secondary N) is 3. The van der Waals surface area contributed by atoms with Gasteiger partial charge in [-0.05, 0) is 36.2 Å². The molecular weight excluding hydrogens is 378 g/mol. The van der Waals surface area contributed by atoms with Crippen molar-refractivity contribution in [1.29, 1.82) is 0 Å². The second kappa shape index (κ2) is 9.07. The Morgan fingerprint density at radius 3 is 2.71 bits per heavy atom. The fourth-order valence-corrected chi connectivity index (χ4v) is 3.89. The molecule has 1 atom stereocenters. The molecule has 8 heteroatoms. The van der Waals surface area contributed by atoms with Crippen LogP contribution in [0.3, 0.4) is 0 Å². The van der Waals surface area contributed by atoms with E-state index in [0.717, 1.165) is 23.3 Å². The van der Waals surface area contributed by atoms with Crippen molar-refractivity contribution < 1.29 is 17.9 Å². The van der Waals surface area contributed by atoms with Crippen molar-refractivity contribution in [3.8, 4) is 5.75 Å². The van der Waals surface area contributed by atoms with Gasteiger partial charge in [-0.15, -0.1) is 0 Å². The summed E-state index contributed by atoms with van der Waals surface area (Å²) >= 11 is 0. The Kier molecular flexibility index (Phi) is 6.53. The van der Waals surface area contributed by atoms with Crippen molar-refractivity contribution in [3.63, 3.8) is 0 Å². The zero-order valence-electron chi connectivity index (χ0n) is 15.8. The number of urea groups is 1. The first kappa shape index (κ1) is 20.2. The Morgan fingerprint density at radius 2 is 1.89 bits per heavy atom. The van der Waals surface area contributed by atoms with Crippen molar-refractivity contribution in [1.82, 2.24) is 15.4 Å². The van der Waals surface area contributed by atoms with Gasteiger partial charge in [0, 0.05) is 19.0 Å². The zero-order valence-corrected chi connectivity index (χ0v) is 16.6. The number of benzene rings is 2. The van der Waals surface area contributed by atoms with E-state index in [0.29, 0.717) is 25.3 Å². The summed E-state index contributed by atoms with van der Waals surface area (Å²) in [5.74, 6) is 1.06. The third-order valence-corrected chi connectivity index (χ3v) is 5.95. The number of hydrogen-bond acceptors (Lipinski definition) is 4. The van der Waals surface area contributed by atoms with Crippen molar-refractivity contribution >= 4 is 16.1 Å². The summed E-state index contributed by atoms with van der Waals surface area (Å²) in [6.45, 7) is 1.43. The van der Waals surface area contributed by atoms with Gasteiger partial charge in [-0.3, -0.25) is 0 Å². The lowest BCUT2D eigenvalue weighted by atomic mass is 9.97. The van der Waals surface area contributed by atoms with Crippen LogP contribution in [0, 0.1) is 5.92 Å². The predicted octanol–water partition coefficient (Wildman–Crippen LogP) is 1.79. The molecule has 1 aliphatic rings. The van der Waals surface area contributed by atoms with Gasteiger partial charge in [0.2, 0.25) is 10.0 Å². The van der Waals surface area contributed by atoms with Gasteiger partial charge in [0.1, 0.15) is 5.75 Å². The van der Waals surface area contributed by atoms with Gasteiger partial charge in [0.05, 0.1) is 12.4 Å². The lowest BCUT2D eigenvalue weighted by molar-refractivity contribution is 0.211. The monoisotopic (exact) mass is 403 g/mol. The van der Waals surface area contributed by atoms with Crippen LogP contribution >= 0.6 is 0 Å². The Hall–Kier alpha value is -2.58. The van der Waals surface area contributed by atoms with Crippen LogP contribution in [-0.4, -0.2) is 34.6 Å². The van der Waals surface area contributed by atoms with Gasteiger partial charge >= 0.3 is 6.03 Å². The predicted molar refractivity (Wildman–Crippen MR) is 107 cm³/mol. The van der Waals surface area contributed by atoms with E-state index in [1.807, 2.05) is 30.3 Å². The average Bonchev–Trinajstić information content (AvgIpc) is 2.70. The van der Waals surface area contributed by atoms with Crippen LogP contribution in [0.5, 0.6) is 5.75 Å². The molecule has 150 valence electrons. The summed E-state index contributed by atoms with van der Waals surface area (Å²) in [6, 6.07) is 14.8. The van der Waals surface area contributed by atoms with Gasteiger partial charge < -0.3 is 15.4 Å². The molecule has 2 amide bonds. The van der Waals surface area contributed by atoms with E-state index in [9.17, 15) is 13.2 Å². The lowest BCUT2D eigenvalue weighted by Crippen LogP contribution is -2.40. The fourth-order valence-electron chi connectivity index (χ4n) is 3.12. The molecule has 0 aliphatic carbocycles. The fraction of sp³-hybridized carbons (Fsp3) is 0.350. The molecule has 0 bridgehead atoms. The van der Waals surface area contributed by atoms with E-state index >= 15 is 0 Å². The highest BCUT2D eigenvalue weighted by atomic mass is 32.2. The smallest absolute Gasteiger partial charge is 0.315 e. The molecule has 1 unspecified atom stereocenters. The molecule has 28 heavy (non-hydrogen) atoms. The van der Waals surface area contributed by atoms with Crippen LogP contribution in [0.25, 0.3) is 0 Å². The second-order valence-electron chi connectivity index (χ2n) is 6.84. The van der Waals surface area contributed by atoms with E-state index in [1.54, 1.807) is 18.2 Å². The minimum atomic E-state index is -3.32. The van der Waals surface area contributed by atoms with Gasteiger partial charge in [-0.1, -0.05) is 42.5 Å². The number of fused-ring (bicyclic) bond motifs is 1. The van der Waals surface area contributed by atoms with Crippen molar-refractivity contribution in [2.24, 2.45) is 5.92 Å². The molecule has 2 aromatic carbocycles. The molecular formula is C20H25N3O4S. The SMILES string of the molecule is CNS(=O)(=O)Cc1cccc(CNC(=O)NCC2COc3ccccc3C2)c1. The Labute approximate surface area is 165 Å². The maximum absolute atomic E-state index is 12.1. The number of amides is 2. The van der Waals surface area contributed by atoms with Crippen LogP contribution in [0.4, 0.5) is 4.79 Å². The first-order chi connectivity index (χ1) is 13.4. The summed E-state index contributed by atoms with van der Waals surface area (Å²) in [5, 5.41) is 5.69. The van der Waals surface area contributed by atoms with Crippen LogP contribution in [0.15, 0.2) is 48.5 Å². The molecule has 1 aliphatic heterocycles. The molecule has 0 saturated carbocycles. The molecule has 0 radical (unpaired) electrons. The highest BCUT2D eigenvalue weighted by Gasteiger charge is 2.19. The van der Waals surface area contributed by atoms with E-state index in [4.69, 9.17) is 4.74 Å². The average molecular weight is 404 g/mol. The number of ether oxygens (including phenoxy) is 1. The maximum Gasteiger partial charge on any atom is 0.315 e. The number of carbonyl (C=O) groups excluding carboxylic acids is 1. The number of hydrogen-bond donors (Lipinski definition) is 3. The van der Waals surface area contributed by atoms with Crippen molar-refractivity contribution in [2.45, 2.75) is 18.7 Å². The van der Waals surface area contributed by atoms with Crippen LogP contribution in [0.2, 0.25) is 0 Å². The first-order valence-electron chi connectivity index (χ1n) is 9.16.